The van der Waals surface area contributed by atoms with Crippen molar-refractivity contribution in [2.24, 2.45) is 5.92 Å². The molecule has 10 heteroatoms. The quantitative estimate of drug-likeness (QED) is 0.462. The molecule has 0 radical (unpaired) electrons. The van der Waals surface area contributed by atoms with Crippen LogP contribution < -0.4 is 10.1 Å². The van der Waals surface area contributed by atoms with Gasteiger partial charge < -0.3 is 19.9 Å². The summed E-state index contributed by atoms with van der Waals surface area (Å²) in [5.41, 5.74) is 0.923. The molecule has 0 spiro atoms. The summed E-state index contributed by atoms with van der Waals surface area (Å²) in [6.07, 6.45) is 3.80. The first-order chi connectivity index (χ1) is 17.4. The number of ether oxygens (including phenoxy) is 2. The maximum atomic E-state index is 12.7. The molecule has 1 amide bonds. The minimum atomic E-state index is -0.592. The van der Waals surface area contributed by atoms with Crippen LogP contribution in [-0.4, -0.2) is 96.9 Å². The van der Waals surface area contributed by atoms with Gasteiger partial charge in [0.1, 0.15) is 18.5 Å². The fourth-order valence-corrected chi connectivity index (χ4v) is 5.99. The highest BCUT2D eigenvalue weighted by Crippen LogP contribution is 2.28. The van der Waals surface area contributed by atoms with Crippen LogP contribution >= 0.6 is 11.3 Å². The smallest absolute Gasteiger partial charge is 0.305 e. The lowest BCUT2D eigenvalue weighted by atomic mass is 9.82. The third-order valence-corrected chi connectivity index (χ3v) is 8.07. The van der Waals surface area contributed by atoms with Crippen LogP contribution in [0.3, 0.4) is 0 Å². The summed E-state index contributed by atoms with van der Waals surface area (Å²) in [4.78, 5) is 33.3. The summed E-state index contributed by atoms with van der Waals surface area (Å²) in [5, 5.41) is 14.7. The third kappa shape index (κ3) is 7.61. The van der Waals surface area contributed by atoms with E-state index in [1.54, 1.807) is 11.3 Å². The van der Waals surface area contributed by atoms with Crippen LogP contribution in [0, 0.1) is 12.8 Å². The molecule has 1 aliphatic carbocycles. The second kappa shape index (κ2) is 12.8. The molecular formula is C26H38N4O5S. The maximum Gasteiger partial charge on any atom is 0.305 e. The summed E-state index contributed by atoms with van der Waals surface area (Å²) < 4.78 is 11.8. The van der Waals surface area contributed by atoms with Gasteiger partial charge in [-0.15, -0.1) is 11.3 Å². The van der Waals surface area contributed by atoms with Crippen molar-refractivity contribution in [3.8, 4) is 5.75 Å². The maximum absolute atomic E-state index is 12.7. The second-order valence-electron chi connectivity index (χ2n) is 9.90. The molecule has 36 heavy (non-hydrogen) atoms. The first-order valence-corrected chi connectivity index (χ1v) is 13.7. The van der Waals surface area contributed by atoms with Crippen molar-refractivity contribution in [3.05, 3.63) is 23.2 Å². The Kier molecular flexibility index (Phi) is 9.53. The van der Waals surface area contributed by atoms with Crippen molar-refractivity contribution < 1.29 is 24.2 Å². The number of nitrogens with zero attached hydrogens (tertiary/aromatic N) is 3. The zero-order valence-electron chi connectivity index (χ0n) is 21.3. The molecule has 198 valence electrons. The summed E-state index contributed by atoms with van der Waals surface area (Å²) in [7, 11) is 1.41. The number of aromatic nitrogens is 1. The van der Waals surface area contributed by atoms with Gasteiger partial charge in [-0.05, 0) is 37.8 Å². The number of carbonyl (C=O) groups excluding carboxylic acids is 2. The minimum absolute atomic E-state index is 0.0194. The Morgan fingerprint density at radius 1 is 1.19 bits per heavy atom. The van der Waals surface area contributed by atoms with Gasteiger partial charge in [-0.25, -0.2) is 4.98 Å². The van der Waals surface area contributed by atoms with Crippen LogP contribution in [0.2, 0.25) is 0 Å². The third-order valence-electron chi connectivity index (χ3n) is 7.12. The molecule has 1 aliphatic heterocycles. The van der Waals surface area contributed by atoms with Crippen LogP contribution in [0.4, 0.5) is 0 Å². The SMILES string of the molecule is COC(=O)CC1CCCCC1NC(=O)CN1CCN(C[C@@H](O)COc2ccc3sc(C)nc3c2)CC1. The largest absolute Gasteiger partial charge is 0.491 e. The molecule has 2 fully saturated rings. The van der Waals surface area contributed by atoms with E-state index < -0.39 is 6.10 Å². The number of esters is 1. The van der Waals surface area contributed by atoms with Gasteiger partial charge in [0.05, 0.1) is 35.3 Å². The zero-order chi connectivity index (χ0) is 25.5. The number of benzene rings is 1. The molecule has 1 saturated carbocycles. The molecule has 1 aromatic carbocycles. The van der Waals surface area contributed by atoms with Crippen LogP contribution in [0.1, 0.15) is 37.1 Å². The Morgan fingerprint density at radius 2 is 1.94 bits per heavy atom. The van der Waals surface area contributed by atoms with Crippen molar-refractivity contribution in [1.29, 1.82) is 0 Å². The minimum Gasteiger partial charge on any atom is -0.491 e. The van der Waals surface area contributed by atoms with E-state index in [2.05, 4.69) is 20.1 Å². The number of carbonyl (C=O) groups is 2. The van der Waals surface area contributed by atoms with E-state index in [9.17, 15) is 14.7 Å². The molecule has 2 aromatic rings. The monoisotopic (exact) mass is 518 g/mol. The summed E-state index contributed by atoms with van der Waals surface area (Å²) in [5.74, 6) is 0.684. The number of fused-ring (bicyclic) bond motifs is 1. The second-order valence-corrected chi connectivity index (χ2v) is 11.1. The molecule has 2 N–H and O–H groups in total. The van der Waals surface area contributed by atoms with Gasteiger partial charge in [-0.2, -0.15) is 0 Å². The first kappa shape index (κ1) is 26.8. The number of aryl methyl sites for hydroxylation is 1. The predicted octanol–water partition coefficient (Wildman–Crippen LogP) is 2.20. The number of rotatable bonds is 10. The van der Waals surface area contributed by atoms with Gasteiger partial charge >= 0.3 is 5.97 Å². The van der Waals surface area contributed by atoms with Gasteiger partial charge in [0.25, 0.3) is 0 Å². The number of hydrogen-bond acceptors (Lipinski definition) is 9. The number of β-amino-alcohol motifs (C(OH)–C–C–N with tert-alkyl or cyclic N) is 1. The lowest BCUT2D eigenvalue weighted by molar-refractivity contribution is -0.142. The first-order valence-electron chi connectivity index (χ1n) is 12.9. The molecule has 2 heterocycles. The Morgan fingerprint density at radius 3 is 2.72 bits per heavy atom. The average molecular weight is 519 g/mol. The molecular weight excluding hydrogens is 480 g/mol. The number of piperazine rings is 1. The Hall–Kier alpha value is -2.27. The molecule has 9 nitrogen and oxygen atoms in total. The number of amides is 1. The normalized spacial score (nSPS) is 22.3. The molecule has 4 rings (SSSR count). The van der Waals surface area contributed by atoms with Gasteiger partial charge in [0, 0.05) is 44.8 Å². The van der Waals surface area contributed by atoms with E-state index in [4.69, 9.17) is 9.47 Å². The predicted molar refractivity (Wildman–Crippen MR) is 139 cm³/mol. The van der Waals surface area contributed by atoms with Crippen molar-refractivity contribution in [2.45, 2.75) is 51.2 Å². The molecule has 0 bridgehead atoms. The molecule has 1 aromatic heterocycles. The average Bonchev–Trinajstić information content (AvgIpc) is 3.24. The molecule has 2 unspecified atom stereocenters. The van der Waals surface area contributed by atoms with Gasteiger partial charge in [0.2, 0.25) is 5.91 Å². The van der Waals surface area contributed by atoms with Crippen molar-refractivity contribution >= 4 is 33.4 Å². The lowest BCUT2D eigenvalue weighted by Gasteiger charge is -2.36. The molecule has 2 aliphatic rings. The molecule has 3 atom stereocenters. The highest BCUT2D eigenvalue weighted by molar-refractivity contribution is 7.18. The highest BCUT2D eigenvalue weighted by Gasteiger charge is 2.29. The lowest BCUT2D eigenvalue weighted by Crippen LogP contribution is -2.53. The Bertz CT molecular complexity index is 1020. The highest BCUT2D eigenvalue weighted by atomic mass is 32.1. The number of methoxy groups -OCH3 is 1. The number of hydrogen-bond donors (Lipinski definition) is 2. The van der Waals surface area contributed by atoms with E-state index in [0.29, 0.717) is 19.5 Å². The zero-order valence-corrected chi connectivity index (χ0v) is 22.1. The van der Waals surface area contributed by atoms with Crippen molar-refractivity contribution in [3.63, 3.8) is 0 Å². The summed E-state index contributed by atoms with van der Waals surface area (Å²) >= 11 is 1.65. The van der Waals surface area contributed by atoms with Crippen molar-refractivity contribution in [1.82, 2.24) is 20.1 Å². The number of aliphatic hydroxyl groups excluding tert-OH is 1. The number of nitrogens with one attached hydrogen (secondary N) is 1. The van der Waals surface area contributed by atoms with Gasteiger partial charge in [-0.1, -0.05) is 12.8 Å². The van der Waals surface area contributed by atoms with Gasteiger partial charge in [0.15, 0.2) is 0 Å². The number of thiazole rings is 1. The Labute approximate surface area is 216 Å². The van der Waals surface area contributed by atoms with E-state index in [1.165, 1.54) is 7.11 Å². The Balaban J connectivity index is 1.15. The fourth-order valence-electron chi connectivity index (χ4n) is 5.18. The van der Waals surface area contributed by atoms with E-state index in [1.807, 2.05) is 25.1 Å². The van der Waals surface area contributed by atoms with Crippen LogP contribution in [0.25, 0.3) is 10.2 Å². The number of aliphatic hydroxyl groups is 1. The fraction of sp³-hybridized carbons (Fsp3) is 0.654. The van der Waals surface area contributed by atoms with E-state index in [-0.39, 0.29) is 30.4 Å². The molecule has 1 saturated heterocycles. The van der Waals surface area contributed by atoms with Crippen molar-refractivity contribution in [2.75, 3.05) is 53.0 Å². The van der Waals surface area contributed by atoms with Gasteiger partial charge in [-0.3, -0.25) is 19.4 Å². The van der Waals surface area contributed by atoms with E-state index >= 15 is 0 Å². The van der Waals surface area contributed by atoms with E-state index in [0.717, 1.165) is 72.8 Å². The topological polar surface area (TPSA) is 104 Å². The standard InChI is InChI=1S/C26H38N4O5S/c1-18-27-23-14-21(7-8-24(23)36-18)35-17-20(31)15-29-9-11-30(12-10-29)16-25(32)28-22-6-4-3-5-19(22)13-26(33)34-2/h7-8,14,19-20,22,31H,3-6,9-13,15-17H2,1-2H3,(H,28,32)/t19?,20-,22?/m1/s1. The van der Waals surface area contributed by atoms with Crippen LogP contribution in [0.5, 0.6) is 5.75 Å². The summed E-state index contributed by atoms with van der Waals surface area (Å²) in [6.45, 7) is 6.25. The van der Waals surface area contributed by atoms with Crippen LogP contribution in [-0.2, 0) is 14.3 Å². The van der Waals surface area contributed by atoms with Crippen LogP contribution in [0.15, 0.2) is 18.2 Å². The summed E-state index contributed by atoms with van der Waals surface area (Å²) in [6, 6.07) is 5.88.